The molecule has 0 aliphatic carbocycles. The Labute approximate surface area is 373 Å². The van der Waals surface area contributed by atoms with E-state index in [4.69, 9.17) is 0 Å². The topological polar surface area (TPSA) is 258 Å². The van der Waals surface area contributed by atoms with Gasteiger partial charge in [0.25, 0.3) is 0 Å². The molecule has 1 aliphatic heterocycles. The van der Waals surface area contributed by atoms with E-state index in [-0.39, 0.29) is 56.3 Å². The molecule has 0 aromatic heterocycles. The lowest BCUT2D eigenvalue weighted by atomic mass is 9.95. The summed E-state index contributed by atoms with van der Waals surface area (Å²) >= 11 is 0. The highest BCUT2D eigenvalue weighted by molar-refractivity contribution is 5.95. The minimum absolute atomic E-state index is 0.0116. The number of aromatic hydroxyl groups is 1. The van der Waals surface area contributed by atoms with E-state index in [1.165, 1.54) is 0 Å². The van der Waals surface area contributed by atoms with Crippen LogP contribution in [0.15, 0.2) is 42.5 Å². The maximum Gasteiger partial charge on any atom is 0.243 e. The number of nitrogens with one attached hydrogen (secondary N) is 11. The van der Waals surface area contributed by atoms with Crippen molar-refractivity contribution >= 4 is 29.5 Å². The normalized spacial score (nSPS) is 18.7. The number of aliphatic hydroxyl groups excluding tert-OH is 1. The van der Waals surface area contributed by atoms with E-state index in [1.807, 2.05) is 51.5 Å². The first kappa shape index (κ1) is 52.7. The Kier molecular flexibility index (Phi) is 24.1. The maximum absolute atomic E-state index is 14.5. The van der Waals surface area contributed by atoms with Crippen LogP contribution < -0.4 is 58.5 Å². The van der Waals surface area contributed by atoms with Crippen LogP contribution in [0.5, 0.6) is 5.75 Å². The van der Waals surface area contributed by atoms with Gasteiger partial charge in [-0.05, 0) is 135 Å². The number of hydrogen-bond acceptors (Lipinski definition) is 13. The van der Waals surface area contributed by atoms with Gasteiger partial charge in [-0.15, -0.1) is 0 Å². The first-order chi connectivity index (χ1) is 30.3. The molecule has 63 heavy (non-hydrogen) atoms. The van der Waals surface area contributed by atoms with Gasteiger partial charge in [0.15, 0.2) is 0 Å². The summed E-state index contributed by atoms with van der Waals surface area (Å²) in [7, 11) is 10.7. The molecule has 0 spiro atoms. The van der Waals surface area contributed by atoms with E-state index in [1.54, 1.807) is 33.3 Å². The van der Waals surface area contributed by atoms with Crippen LogP contribution in [0.2, 0.25) is 0 Å². The van der Waals surface area contributed by atoms with Gasteiger partial charge < -0.3 is 68.7 Å². The fourth-order valence-corrected chi connectivity index (χ4v) is 7.65. The number of rotatable bonds is 26. The molecule has 0 unspecified atom stereocenters. The molecule has 1 heterocycles. The Morgan fingerprint density at radius 3 is 2.06 bits per heavy atom. The van der Waals surface area contributed by atoms with Crippen molar-refractivity contribution in [3.05, 3.63) is 53.6 Å². The predicted octanol–water partition coefficient (Wildman–Crippen LogP) is -1.25. The summed E-state index contributed by atoms with van der Waals surface area (Å²) in [6.07, 6.45) is 2.85. The largest absolute Gasteiger partial charge is 0.508 e. The summed E-state index contributed by atoms with van der Waals surface area (Å²) in [5, 5.41) is 54.7. The Hall–Kier alpha value is -4.69. The first-order valence-corrected chi connectivity index (χ1v) is 22.4. The van der Waals surface area contributed by atoms with Crippen molar-refractivity contribution in [2.24, 2.45) is 0 Å². The molecule has 5 amide bonds. The van der Waals surface area contributed by atoms with Crippen LogP contribution >= 0.6 is 0 Å². The zero-order valence-electron chi connectivity index (χ0n) is 38.1. The summed E-state index contributed by atoms with van der Waals surface area (Å²) in [5.41, 5.74) is 2.79. The molecule has 0 fully saturated rings. The van der Waals surface area contributed by atoms with Gasteiger partial charge in [0, 0.05) is 50.9 Å². The van der Waals surface area contributed by atoms with Gasteiger partial charge in [-0.3, -0.25) is 24.0 Å². The molecule has 7 atom stereocenters. The van der Waals surface area contributed by atoms with Crippen molar-refractivity contribution in [3.8, 4) is 16.9 Å². The number of phenols is 1. The average molecular weight is 882 g/mol. The molecule has 0 radical (unpaired) electrons. The highest BCUT2D eigenvalue weighted by atomic mass is 16.3. The van der Waals surface area contributed by atoms with Crippen LogP contribution in [-0.2, 0) is 36.8 Å². The van der Waals surface area contributed by atoms with Crippen LogP contribution in [0.3, 0.4) is 0 Å². The van der Waals surface area contributed by atoms with Crippen molar-refractivity contribution in [1.29, 1.82) is 0 Å². The molecule has 4 bridgehead atoms. The van der Waals surface area contributed by atoms with Crippen LogP contribution in [0.25, 0.3) is 11.1 Å². The number of likely N-dealkylation sites (N-methyl/N-ethyl adjacent to an activating group) is 3. The van der Waals surface area contributed by atoms with Gasteiger partial charge in [0.2, 0.25) is 29.5 Å². The zero-order chi connectivity index (χ0) is 46.1. The van der Waals surface area contributed by atoms with Gasteiger partial charge in [-0.1, -0.05) is 30.3 Å². The number of aliphatic hydroxyl groups is 1. The van der Waals surface area contributed by atoms with Crippen LogP contribution in [-0.4, -0.2) is 157 Å². The number of amides is 5. The van der Waals surface area contributed by atoms with Crippen molar-refractivity contribution in [2.75, 3.05) is 75.0 Å². The first-order valence-electron chi connectivity index (χ1n) is 22.4. The summed E-state index contributed by atoms with van der Waals surface area (Å²) in [4.78, 5) is 70.0. The van der Waals surface area contributed by atoms with E-state index in [2.05, 4.69) is 58.5 Å². The number of phenolic OH excluding ortho intramolecular Hbond substituents is 1. The molecule has 3 rings (SSSR count). The average Bonchev–Trinajstić information content (AvgIpc) is 3.26. The highest BCUT2D eigenvalue weighted by Gasteiger charge is 2.33. The molecule has 2 aromatic carbocycles. The number of hydrogen-bond donors (Lipinski definition) is 13. The van der Waals surface area contributed by atoms with Gasteiger partial charge in [-0.25, -0.2) is 0 Å². The highest BCUT2D eigenvalue weighted by Crippen LogP contribution is 2.28. The van der Waals surface area contributed by atoms with Crippen molar-refractivity contribution in [3.63, 3.8) is 0 Å². The third-order valence-corrected chi connectivity index (χ3v) is 11.3. The Balaban J connectivity index is 1.96. The molecule has 0 saturated heterocycles. The molecule has 1 aliphatic rings. The van der Waals surface area contributed by atoms with E-state index < -0.39 is 59.9 Å². The lowest BCUT2D eigenvalue weighted by Crippen LogP contribution is -2.59. The van der Waals surface area contributed by atoms with Gasteiger partial charge in [0.1, 0.15) is 23.9 Å². The lowest BCUT2D eigenvalue weighted by molar-refractivity contribution is -0.134. The molecule has 0 saturated carbocycles. The molecule has 13 N–H and O–H groups in total. The fourth-order valence-electron chi connectivity index (χ4n) is 7.65. The van der Waals surface area contributed by atoms with Gasteiger partial charge in [-0.2, -0.15) is 0 Å². The minimum atomic E-state index is -1.25. The number of benzene rings is 2. The number of fused-ring (bicyclic) bond motifs is 5. The summed E-state index contributed by atoms with van der Waals surface area (Å²) < 4.78 is 0. The minimum Gasteiger partial charge on any atom is -0.508 e. The second-order valence-electron chi connectivity index (χ2n) is 16.4. The molecule has 18 nitrogen and oxygen atoms in total. The summed E-state index contributed by atoms with van der Waals surface area (Å²) in [6.45, 7) is 2.71. The second-order valence-corrected chi connectivity index (χ2v) is 16.4. The lowest BCUT2D eigenvalue weighted by Gasteiger charge is -2.28. The molecule has 352 valence electrons. The van der Waals surface area contributed by atoms with Gasteiger partial charge in [0.05, 0.1) is 12.1 Å². The standard InChI is InChI=1S/C45H75N11O7/c1-46-18-8-13-33(25-41(59)52-27-34(50-5)14-9-19-47-2)53-42(60)36(15-10-20-48-3)54-44(62)38-22-29-11-7-12-30(21-29)31-16-17-40(58)32(23-31)24-37(51-6)43(61)56-39(45(63)55-38)26-35(57)28-49-4/h7,11-12,16-17,21,23,33-39,46-51,57-58H,8-10,13-15,18-20,22,24-28H2,1-6H3,(H,52,59)(H,53,60)(H,54,62)(H,55,63)(H,56,61)/t33-,34-,35+,36-,37-,38-,39-/m0/s1. The van der Waals surface area contributed by atoms with Crippen LogP contribution in [0, 0.1) is 0 Å². The predicted molar refractivity (Wildman–Crippen MR) is 246 cm³/mol. The van der Waals surface area contributed by atoms with Gasteiger partial charge >= 0.3 is 0 Å². The SMILES string of the molecule is CNCCC[C@@H](CNC(=O)C[C@H](CCCNC)NC(=O)[C@H](CCCNC)NC(=O)[C@@H]1Cc2cccc(c2)-c2ccc(O)c(c2)C[C@H](NC)C(=O)N[C@@H](C[C@@H](O)CNC)C(=O)N1)NC. The molecule has 18 heteroatoms. The summed E-state index contributed by atoms with van der Waals surface area (Å²) in [5.74, 6) is -2.49. The Morgan fingerprint density at radius 1 is 0.746 bits per heavy atom. The Bertz CT molecular complexity index is 1730. The Morgan fingerprint density at radius 2 is 1.41 bits per heavy atom. The smallest absolute Gasteiger partial charge is 0.243 e. The zero-order valence-corrected chi connectivity index (χ0v) is 38.1. The third kappa shape index (κ3) is 18.5. The third-order valence-electron chi connectivity index (χ3n) is 11.3. The molecular formula is C45H75N11O7. The molecule has 2 aromatic rings. The van der Waals surface area contributed by atoms with E-state index in [9.17, 15) is 34.2 Å². The summed E-state index contributed by atoms with van der Waals surface area (Å²) in [6, 6.07) is 7.87. The monoisotopic (exact) mass is 882 g/mol. The van der Waals surface area contributed by atoms with Crippen molar-refractivity contribution in [2.45, 2.75) is 107 Å². The number of carbonyl (C=O) groups excluding carboxylic acids is 5. The quantitative estimate of drug-likeness (QED) is 0.0494. The van der Waals surface area contributed by atoms with Crippen molar-refractivity contribution in [1.82, 2.24) is 58.5 Å². The van der Waals surface area contributed by atoms with Crippen molar-refractivity contribution < 1.29 is 34.2 Å². The van der Waals surface area contributed by atoms with E-state index >= 15 is 0 Å². The fraction of sp³-hybridized carbons (Fsp3) is 0.622. The van der Waals surface area contributed by atoms with Crippen LogP contribution in [0.4, 0.5) is 0 Å². The molecular weight excluding hydrogens is 807 g/mol. The number of carbonyl (C=O) groups is 5. The van der Waals surface area contributed by atoms with Crippen LogP contribution in [0.1, 0.15) is 62.5 Å². The second kappa shape index (κ2) is 28.9. The van der Waals surface area contributed by atoms with E-state index in [0.717, 1.165) is 30.5 Å². The maximum atomic E-state index is 14.5. The van der Waals surface area contributed by atoms with E-state index in [0.29, 0.717) is 50.0 Å².